The highest BCUT2D eigenvalue weighted by molar-refractivity contribution is 7.99. The number of esters is 1. The molecule has 2 aromatic carbocycles. The van der Waals surface area contributed by atoms with Crippen molar-refractivity contribution in [3.8, 4) is 5.75 Å². The Balaban J connectivity index is 1.69. The zero-order chi connectivity index (χ0) is 22.5. The molecule has 1 aliphatic heterocycles. The van der Waals surface area contributed by atoms with Crippen LogP contribution in [0.5, 0.6) is 5.75 Å². The molecule has 1 aromatic heterocycles. The number of fused-ring (bicyclic) bond motifs is 1. The number of benzene rings is 2. The Bertz CT molecular complexity index is 1110. The molecule has 1 aliphatic rings. The minimum atomic E-state index is -0.455. The van der Waals surface area contributed by atoms with Crippen molar-refractivity contribution >= 4 is 23.7 Å². The first-order valence-corrected chi connectivity index (χ1v) is 11.6. The van der Waals surface area contributed by atoms with Gasteiger partial charge in [-0.2, -0.15) is 4.98 Å². The third-order valence-corrected chi connectivity index (χ3v) is 5.77. The van der Waals surface area contributed by atoms with Gasteiger partial charge in [-0.1, -0.05) is 61.2 Å². The van der Waals surface area contributed by atoms with Crippen LogP contribution in [0.1, 0.15) is 37.9 Å². The molecule has 0 spiro atoms. The van der Waals surface area contributed by atoms with Crippen molar-refractivity contribution in [3.05, 3.63) is 77.0 Å². The minimum Gasteiger partial charge on any atom is -0.494 e. The number of rotatable bonds is 8. The fourth-order valence-corrected chi connectivity index (χ4v) is 4.16. The number of aromatic nitrogens is 3. The molecular weight excluding hydrogens is 424 g/mol. The second-order valence-corrected chi connectivity index (χ2v) is 8.46. The van der Waals surface area contributed by atoms with Gasteiger partial charge < -0.3 is 14.8 Å². The third-order valence-electron chi connectivity index (χ3n) is 5.05. The molecule has 8 heteroatoms. The lowest BCUT2D eigenvalue weighted by Gasteiger charge is -2.28. The summed E-state index contributed by atoms with van der Waals surface area (Å²) in [5.41, 5.74) is 3.05. The summed E-state index contributed by atoms with van der Waals surface area (Å²) < 4.78 is 13.0. The van der Waals surface area contributed by atoms with Crippen molar-refractivity contribution in [2.75, 3.05) is 17.7 Å². The summed E-state index contributed by atoms with van der Waals surface area (Å²) in [5.74, 6) is 1.86. The van der Waals surface area contributed by atoms with Crippen LogP contribution in [0.15, 0.2) is 71.0 Å². The first-order valence-electron chi connectivity index (χ1n) is 10.6. The van der Waals surface area contributed by atoms with Crippen molar-refractivity contribution in [3.63, 3.8) is 0 Å². The van der Waals surface area contributed by atoms with Gasteiger partial charge >= 0.3 is 5.97 Å². The molecule has 1 atom stereocenters. The monoisotopic (exact) mass is 450 g/mol. The molecule has 0 saturated heterocycles. The highest BCUT2D eigenvalue weighted by atomic mass is 32.2. The normalized spacial score (nSPS) is 15.2. The van der Waals surface area contributed by atoms with Crippen LogP contribution in [0.3, 0.4) is 0 Å². The van der Waals surface area contributed by atoms with Gasteiger partial charge in [-0.05, 0) is 42.9 Å². The largest absolute Gasteiger partial charge is 0.494 e. The van der Waals surface area contributed by atoms with Crippen molar-refractivity contribution in [1.82, 2.24) is 14.8 Å². The zero-order valence-electron chi connectivity index (χ0n) is 18.4. The molecule has 0 amide bonds. The third kappa shape index (κ3) is 4.65. The van der Waals surface area contributed by atoms with Crippen LogP contribution in [0, 0.1) is 0 Å². The number of carbonyl (C=O) groups excluding carboxylic acids is 1. The number of thioether (sulfide) groups is 1. The Morgan fingerprint density at radius 3 is 2.56 bits per heavy atom. The Morgan fingerprint density at radius 1 is 1.12 bits per heavy atom. The smallest absolute Gasteiger partial charge is 0.338 e. The number of allylic oxidation sites excluding steroid dienone is 1. The Morgan fingerprint density at radius 2 is 1.88 bits per heavy atom. The molecule has 0 aliphatic carbocycles. The second kappa shape index (κ2) is 9.91. The van der Waals surface area contributed by atoms with Crippen molar-refractivity contribution in [2.24, 2.45) is 0 Å². The van der Waals surface area contributed by atoms with E-state index in [0.717, 1.165) is 22.6 Å². The summed E-state index contributed by atoms with van der Waals surface area (Å²) in [4.78, 5) is 17.9. The van der Waals surface area contributed by atoms with Crippen LogP contribution in [0.4, 0.5) is 5.95 Å². The van der Waals surface area contributed by atoms with Crippen molar-refractivity contribution < 1.29 is 14.3 Å². The number of anilines is 1. The van der Waals surface area contributed by atoms with Gasteiger partial charge in [0, 0.05) is 5.70 Å². The van der Waals surface area contributed by atoms with Crippen LogP contribution in [0.2, 0.25) is 0 Å². The lowest BCUT2D eigenvalue weighted by Crippen LogP contribution is -2.29. The van der Waals surface area contributed by atoms with Gasteiger partial charge in [-0.3, -0.25) is 0 Å². The molecule has 3 aromatic rings. The van der Waals surface area contributed by atoms with Gasteiger partial charge in [0.25, 0.3) is 0 Å². The standard InChI is InChI=1S/C24H26N4O3S/c1-4-30-19-13-11-18(12-14-19)21-20(22(29)31-15-17-9-7-6-8-10-17)16(3)25-23-26-24(32-5-2)27-28(21)23/h6-14,21H,4-5,15H2,1-3H3,(H,25,26,27). The average Bonchev–Trinajstić information content (AvgIpc) is 3.20. The van der Waals surface area contributed by atoms with E-state index >= 15 is 0 Å². The Hall–Kier alpha value is -3.26. The maximum atomic E-state index is 13.3. The van der Waals surface area contributed by atoms with Gasteiger partial charge in [-0.15, -0.1) is 5.10 Å². The summed E-state index contributed by atoms with van der Waals surface area (Å²) in [5, 5.41) is 8.57. The van der Waals surface area contributed by atoms with Gasteiger partial charge in [0.1, 0.15) is 18.4 Å². The summed E-state index contributed by atoms with van der Waals surface area (Å²) in [6, 6.07) is 16.9. The van der Waals surface area contributed by atoms with Gasteiger partial charge in [0.2, 0.25) is 11.1 Å². The van der Waals surface area contributed by atoms with Crippen LogP contribution in [-0.2, 0) is 16.1 Å². The number of hydrogen-bond donors (Lipinski definition) is 1. The van der Waals surface area contributed by atoms with Crippen molar-refractivity contribution in [1.29, 1.82) is 0 Å². The summed E-state index contributed by atoms with van der Waals surface area (Å²) in [7, 11) is 0. The quantitative estimate of drug-likeness (QED) is 0.389. The van der Waals surface area contributed by atoms with Crippen molar-refractivity contribution in [2.45, 2.75) is 38.6 Å². The molecule has 1 unspecified atom stereocenters. The van der Waals surface area contributed by atoms with E-state index in [0.29, 0.717) is 29.0 Å². The number of ether oxygens (including phenoxy) is 2. The average molecular weight is 451 g/mol. The lowest BCUT2D eigenvalue weighted by atomic mass is 9.95. The van der Waals surface area contributed by atoms with E-state index in [-0.39, 0.29) is 12.6 Å². The van der Waals surface area contributed by atoms with E-state index in [1.807, 2.05) is 68.4 Å². The molecule has 166 valence electrons. The molecule has 7 nitrogen and oxygen atoms in total. The van der Waals surface area contributed by atoms with E-state index in [1.165, 1.54) is 0 Å². The van der Waals surface area contributed by atoms with Crippen LogP contribution in [0.25, 0.3) is 0 Å². The van der Waals surface area contributed by atoms with E-state index in [4.69, 9.17) is 9.47 Å². The second-order valence-electron chi connectivity index (χ2n) is 7.23. The topological polar surface area (TPSA) is 78.3 Å². The number of hydrogen-bond acceptors (Lipinski definition) is 7. The Labute approximate surface area is 191 Å². The SMILES string of the molecule is CCOc1ccc(C2C(C(=O)OCc3ccccc3)=C(C)Nc3nc(SCC)nn32)cc1. The lowest BCUT2D eigenvalue weighted by molar-refractivity contribution is -0.140. The highest BCUT2D eigenvalue weighted by Crippen LogP contribution is 2.37. The predicted molar refractivity (Wildman–Crippen MR) is 125 cm³/mol. The van der Waals surface area contributed by atoms with Gasteiger partial charge in [0.05, 0.1) is 12.2 Å². The first kappa shape index (κ1) is 22.0. The predicted octanol–water partition coefficient (Wildman–Crippen LogP) is 4.82. The van der Waals surface area contributed by atoms with Crippen LogP contribution >= 0.6 is 11.8 Å². The van der Waals surface area contributed by atoms with E-state index < -0.39 is 6.04 Å². The van der Waals surface area contributed by atoms with E-state index in [9.17, 15) is 4.79 Å². The molecule has 1 N–H and O–H groups in total. The molecule has 0 bridgehead atoms. The molecule has 0 fully saturated rings. The number of carbonyl (C=O) groups is 1. The summed E-state index contributed by atoms with van der Waals surface area (Å²) >= 11 is 1.56. The highest BCUT2D eigenvalue weighted by Gasteiger charge is 2.35. The van der Waals surface area contributed by atoms with Crippen LogP contribution < -0.4 is 10.1 Å². The van der Waals surface area contributed by atoms with Gasteiger partial charge in [-0.25, -0.2) is 9.48 Å². The zero-order valence-corrected chi connectivity index (χ0v) is 19.2. The van der Waals surface area contributed by atoms with Crippen LogP contribution in [-0.4, -0.2) is 33.1 Å². The van der Waals surface area contributed by atoms with Gasteiger partial charge in [0.15, 0.2) is 0 Å². The molecular formula is C24H26N4O3S. The summed E-state index contributed by atoms with van der Waals surface area (Å²) in [6.07, 6.45) is 0. The molecule has 4 rings (SSSR count). The Kier molecular flexibility index (Phi) is 6.80. The maximum absolute atomic E-state index is 13.3. The summed E-state index contributed by atoms with van der Waals surface area (Å²) in [6.45, 7) is 6.66. The molecule has 2 heterocycles. The first-order chi connectivity index (χ1) is 15.6. The number of nitrogens with one attached hydrogen (secondary N) is 1. The molecule has 0 radical (unpaired) electrons. The van der Waals surface area contributed by atoms with E-state index in [1.54, 1.807) is 16.4 Å². The molecule has 32 heavy (non-hydrogen) atoms. The fraction of sp³-hybridized carbons (Fsp3) is 0.292. The van der Waals surface area contributed by atoms with E-state index in [2.05, 4.69) is 22.3 Å². The fourth-order valence-electron chi connectivity index (χ4n) is 3.61. The molecule has 0 saturated carbocycles. The number of nitrogens with zero attached hydrogens (tertiary/aromatic N) is 3. The maximum Gasteiger partial charge on any atom is 0.338 e. The minimum absolute atomic E-state index is 0.202.